The summed E-state index contributed by atoms with van der Waals surface area (Å²) < 4.78 is 0. The van der Waals surface area contributed by atoms with Crippen LogP contribution in [0.1, 0.15) is 26.3 Å². The third-order valence-corrected chi connectivity index (χ3v) is 2.89. The molecule has 1 aromatic carbocycles. The zero-order chi connectivity index (χ0) is 12.1. The van der Waals surface area contributed by atoms with Gasteiger partial charge in [-0.3, -0.25) is 0 Å². The van der Waals surface area contributed by atoms with Gasteiger partial charge in [0.1, 0.15) is 0 Å². The van der Waals surface area contributed by atoms with Crippen LogP contribution in [0.2, 0.25) is 5.02 Å². The van der Waals surface area contributed by atoms with Crippen molar-refractivity contribution in [3.05, 3.63) is 28.8 Å². The number of aliphatic hydroxyl groups excluding tert-OH is 1. The summed E-state index contributed by atoms with van der Waals surface area (Å²) in [6.45, 7) is 8.52. The number of hydrogen-bond donors (Lipinski definition) is 1. The van der Waals surface area contributed by atoms with Gasteiger partial charge >= 0.3 is 0 Å². The van der Waals surface area contributed by atoms with E-state index in [4.69, 9.17) is 16.7 Å². The lowest BCUT2D eigenvalue weighted by molar-refractivity contribution is 0.282. The Bertz CT molecular complexity index is 339. The molecule has 0 saturated carbocycles. The van der Waals surface area contributed by atoms with E-state index in [1.807, 2.05) is 18.2 Å². The molecule has 0 aromatic heterocycles. The summed E-state index contributed by atoms with van der Waals surface area (Å²) in [4.78, 5) is 2.29. The maximum absolute atomic E-state index is 9.05. The zero-order valence-electron chi connectivity index (χ0n) is 10.2. The van der Waals surface area contributed by atoms with Gasteiger partial charge in [-0.05, 0) is 30.5 Å². The van der Waals surface area contributed by atoms with Gasteiger partial charge in [-0.25, -0.2) is 0 Å². The van der Waals surface area contributed by atoms with E-state index in [2.05, 4.69) is 25.7 Å². The predicted octanol–water partition coefficient (Wildman–Crippen LogP) is 3.31. The van der Waals surface area contributed by atoms with Gasteiger partial charge in [0.05, 0.1) is 6.61 Å². The van der Waals surface area contributed by atoms with Crippen LogP contribution in [0.5, 0.6) is 0 Å². The molecule has 3 heteroatoms. The number of benzene rings is 1. The maximum Gasteiger partial charge on any atom is 0.0696 e. The summed E-state index contributed by atoms with van der Waals surface area (Å²) in [6.07, 6.45) is 0. The van der Waals surface area contributed by atoms with E-state index in [1.54, 1.807) is 0 Å². The Morgan fingerprint density at radius 1 is 1.38 bits per heavy atom. The highest BCUT2D eigenvalue weighted by atomic mass is 35.5. The quantitative estimate of drug-likeness (QED) is 0.855. The largest absolute Gasteiger partial charge is 0.392 e. The highest BCUT2D eigenvalue weighted by Crippen LogP contribution is 2.24. The molecular formula is C13H20ClNO. The van der Waals surface area contributed by atoms with Crippen molar-refractivity contribution in [2.45, 2.75) is 27.4 Å². The molecular weight excluding hydrogens is 222 g/mol. The summed E-state index contributed by atoms with van der Waals surface area (Å²) in [5.74, 6) is 0.622. The molecule has 0 bridgehead atoms. The minimum atomic E-state index is -0.00454. The van der Waals surface area contributed by atoms with Crippen LogP contribution >= 0.6 is 11.6 Å². The number of rotatable bonds is 5. The number of halogens is 1. The van der Waals surface area contributed by atoms with Crippen LogP contribution in [-0.2, 0) is 6.61 Å². The van der Waals surface area contributed by atoms with Gasteiger partial charge in [-0.15, -0.1) is 0 Å². The topological polar surface area (TPSA) is 23.5 Å². The van der Waals surface area contributed by atoms with Gasteiger partial charge in [0.2, 0.25) is 0 Å². The summed E-state index contributed by atoms with van der Waals surface area (Å²) in [5, 5.41) is 9.69. The average molecular weight is 242 g/mol. The van der Waals surface area contributed by atoms with Crippen LogP contribution < -0.4 is 4.90 Å². The van der Waals surface area contributed by atoms with Crippen LogP contribution in [-0.4, -0.2) is 18.2 Å². The summed E-state index contributed by atoms with van der Waals surface area (Å²) in [6, 6.07) is 5.84. The Hall–Kier alpha value is -0.730. The molecule has 2 nitrogen and oxygen atoms in total. The fourth-order valence-corrected chi connectivity index (χ4v) is 1.95. The van der Waals surface area contributed by atoms with Crippen LogP contribution in [0, 0.1) is 5.92 Å². The van der Waals surface area contributed by atoms with E-state index in [0.717, 1.165) is 24.3 Å². The van der Waals surface area contributed by atoms with Gasteiger partial charge < -0.3 is 10.0 Å². The van der Waals surface area contributed by atoms with Crippen molar-refractivity contribution in [2.75, 3.05) is 18.0 Å². The van der Waals surface area contributed by atoms with E-state index in [0.29, 0.717) is 10.9 Å². The lowest BCUT2D eigenvalue weighted by atomic mass is 10.1. The second-order valence-electron chi connectivity index (χ2n) is 4.37. The molecule has 0 amide bonds. The second kappa shape index (κ2) is 6.12. The molecule has 1 N–H and O–H groups in total. The monoisotopic (exact) mass is 241 g/mol. The van der Waals surface area contributed by atoms with Gasteiger partial charge in [0, 0.05) is 23.8 Å². The van der Waals surface area contributed by atoms with Crippen molar-refractivity contribution in [1.29, 1.82) is 0 Å². The summed E-state index contributed by atoms with van der Waals surface area (Å²) in [7, 11) is 0. The average Bonchev–Trinajstić information content (AvgIpc) is 2.25. The standard InChI is InChI=1S/C13H20ClNO/c1-4-15(8-10(2)3)12-6-5-11(9-16)13(14)7-12/h5-7,10,16H,4,8-9H2,1-3H3. The van der Waals surface area contributed by atoms with Crippen molar-refractivity contribution in [3.8, 4) is 0 Å². The smallest absolute Gasteiger partial charge is 0.0696 e. The van der Waals surface area contributed by atoms with Crippen LogP contribution in [0.4, 0.5) is 5.69 Å². The van der Waals surface area contributed by atoms with Gasteiger partial charge in [0.25, 0.3) is 0 Å². The van der Waals surface area contributed by atoms with Crippen LogP contribution in [0.25, 0.3) is 0 Å². The molecule has 1 aromatic rings. The minimum absolute atomic E-state index is 0.00454. The molecule has 0 radical (unpaired) electrons. The number of hydrogen-bond acceptors (Lipinski definition) is 2. The van der Waals surface area contributed by atoms with Crippen molar-refractivity contribution >= 4 is 17.3 Å². The first-order chi connectivity index (χ1) is 7.58. The van der Waals surface area contributed by atoms with E-state index >= 15 is 0 Å². The Morgan fingerprint density at radius 3 is 2.50 bits per heavy atom. The third-order valence-electron chi connectivity index (χ3n) is 2.54. The molecule has 0 aliphatic carbocycles. The highest BCUT2D eigenvalue weighted by molar-refractivity contribution is 6.31. The zero-order valence-corrected chi connectivity index (χ0v) is 11.0. The molecule has 0 heterocycles. The molecule has 0 aliphatic rings. The fraction of sp³-hybridized carbons (Fsp3) is 0.538. The number of nitrogens with zero attached hydrogens (tertiary/aromatic N) is 1. The Labute approximate surface area is 103 Å². The SMILES string of the molecule is CCN(CC(C)C)c1ccc(CO)c(Cl)c1. The first-order valence-electron chi connectivity index (χ1n) is 5.72. The van der Waals surface area contributed by atoms with E-state index < -0.39 is 0 Å². The summed E-state index contributed by atoms with van der Waals surface area (Å²) >= 11 is 6.08. The second-order valence-corrected chi connectivity index (χ2v) is 4.77. The normalized spacial score (nSPS) is 10.9. The van der Waals surface area contributed by atoms with Gasteiger partial charge in [-0.1, -0.05) is 31.5 Å². The van der Waals surface area contributed by atoms with E-state index in [-0.39, 0.29) is 6.61 Å². The molecule has 0 saturated heterocycles. The fourth-order valence-electron chi connectivity index (χ4n) is 1.72. The first-order valence-corrected chi connectivity index (χ1v) is 6.10. The molecule has 0 spiro atoms. The first kappa shape index (κ1) is 13.3. The van der Waals surface area contributed by atoms with Crippen molar-refractivity contribution < 1.29 is 5.11 Å². The van der Waals surface area contributed by atoms with Crippen molar-refractivity contribution in [2.24, 2.45) is 5.92 Å². The van der Waals surface area contributed by atoms with Crippen LogP contribution in [0.3, 0.4) is 0 Å². The Kier molecular flexibility index (Phi) is 5.10. The van der Waals surface area contributed by atoms with Crippen molar-refractivity contribution in [3.63, 3.8) is 0 Å². The number of anilines is 1. The molecule has 90 valence electrons. The molecule has 0 aliphatic heterocycles. The lowest BCUT2D eigenvalue weighted by Crippen LogP contribution is -2.27. The number of aliphatic hydroxyl groups is 1. The van der Waals surface area contributed by atoms with E-state index in [9.17, 15) is 0 Å². The molecule has 16 heavy (non-hydrogen) atoms. The minimum Gasteiger partial charge on any atom is -0.392 e. The van der Waals surface area contributed by atoms with Gasteiger partial charge in [0.15, 0.2) is 0 Å². The highest BCUT2D eigenvalue weighted by Gasteiger charge is 2.08. The van der Waals surface area contributed by atoms with Gasteiger partial charge in [-0.2, -0.15) is 0 Å². The summed E-state index contributed by atoms with van der Waals surface area (Å²) in [5.41, 5.74) is 1.91. The molecule has 0 atom stereocenters. The maximum atomic E-state index is 9.05. The third kappa shape index (κ3) is 3.39. The van der Waals surface area contributed by atoms with Crippen LogP contribution in [0.15, 0.2) is 18.2 Å². The predicted molar refractivity (Wildman–Crippen MR) is 70.1 cm³/mol. The lowest BCUT2D eigenvalue weighted by Gasteiger charge is -2.25. The molecule has 0 unspecified atom stereocenters. The Balaban J connectivity index is 2.89. The Morgan fingerprint density at radius 2 is 2.06 bits per heavy atom. The van der Waals surface area contributed by atoms with E-state index in [1.165, 1.54) is 0 Å². The molecule has 0 fully saturated rings. The molecule has 1 rings (SSSR count). The van der Waals surface area contributed by atoms with Crippen molar-refractivity contribution in [1.82, 2.24) is 0 Å².